The molecule has 0 heterocycles. The Labute approximate surface area is 107 Å². The summed E-state index contributed by atoms with van der Waals surface area (Å²) in [5.74, 6) is -0.445. The lowest BCUT2D eigenvalue weighted by molar-refractivity contribution is -0.129. The van der Waals surface area contributed by atoms with Crippen LogP contribution in [0.15, 0.2) is 30.3 Å². The highest BCUT2D eigenvalue weighted by molar-refractivity contribution is 5.87. The van der Waals surface area contributed by atoms with E-state index in [1.54, 1.807) is 38.1 Å². The van der Waals surface area contributed by atoms with Crippen molar-refractivity contribution in [2.24, 2.45) is 5.73 Å². The number of hydrogen-bond donors (Lipinski definition) is 4. The van der Waals surface area contributed by atoms with Crippen molar-refractivity contribution in [3.63, 3.8) is 0 Å². The molecular weight excluding hydrogens is 232 g/mol. The standard InChI is InChI=1S/C13H20N2O3/c1-12(8-16,9-17)15-11(18)13(2,14)10-6-4-3-5-7-10/h3-7,16-17H,8-9,14H2,1-2H3,(H,15,18). The van der Waals surface area contributed by atoms with Gasteiger partial charge in [0.25, 0.3) is 0 Å². The highest BCUT2D eigenvalue weighted by atomic mass is 16.3. The van der Waals surface area contributed by atoms with Crippen LogP contribution in [0, 0.1) is 0 Å². The largest absolute Gasteiger partial charge is 0.394 e. The number of carbonyl (C=O) groups is 1. The Kier molecular flexibility index (Phi) is 4.45. The molecule has 1 rings (SSSR count). The number of aliphatic hydroxyl groups is 2. The maximum absolute atomic E-state index is 12.1. The van der Waals surface area contributed by atoms with Crippen LogP contribution >= 0.6 is 0 Å². The molecule has 0 aliphatic carbocycles. The minimum atomic E-state index is -1.22. The Balaban J connectivity index is 2.90. The third kappa shape index (κ3) is 3.07. The summed E-state index contributed by atoms with van der Waals surface area (Å²) in [7, 11) is 0. The highest BCUT2D eigenvalue weighted by Gasteiger charge is 2.35. The summed E-state index contributed by atoms with van der Waals surface area (Å²) < 4.78 is 0. The van der Waals surface area contributed by atoms with Crippen LogP contribution in [0.25, 0.3) is 0 Å². The normalized spacial score (nSPS) is 14.9. The molecule has 0 fully saturated rings. The van der Waals surface area contributed by atoms with E-state index in [0.717, 1.165) is 0 Å². The van der Waals surface area contributed by atoms with Crippen LogP contribution in [-0.4, -0.2) is 34.9 Å². The van der Waals surface area contributed by atoms with Gasteiger partial charge >= 0.3 is 0 Å². The summed E-state index contributed by atoms with van der Waals surface area (Å²) in [5.41, 5.74) is 4.40. The fraction of sp³-hybridized carbons (Fsp3) is 0.462. The molecule has 1 atom stereocenters. The van der Waals surface area contributed by atoms with Gasteiger partial charge in [-0.3, -0.25) is 4.79 Å². The number of rotatable bonds is 5. The van der Waals surface area contributed by atoms with Gasteiger partial charge in [0.05, 0.1) is 18.8 Å². The SMILES string of the molecule is CC(CO)(CO)NC(=O)C(C)(N)c1ccccc1. The molecule has 0 aromatic heterocycles. The third-order valence-electron chi connectivity index (χ3n) is 2.96. The van der Waals surface area contributed by atoms with E-state index in [2.05, 4.69) is 5.32 Å². The molecule has 0 bridgehead atoms. The maximum atomic E-state index is 12.1. The molecule has 5 heteroatoms. The van der Waals surface area contributed by atoms with E-state index in [4.69, 9.17) is 15.9 Å². The highest BCUT2D eigenvalue weighted by Crippen LogP contribution is 2.18. The predicted octanol–water partition coefficient (Wildman–Crippen LogP) is -0.280. The Bertz CT molecular complexity index is 400. The fourth-order valence-corrected chi connectivity index (χ4v) is 1.45. The summed E-state index contributed by atoms with van der Waals surface area (Å²) >= 11 is 0. The molecular formula is C13H20N2O3. The summed E-state index contributed by atoms with van der Waals surface area (Å²) in [4.78, 5) is 12.1. The van der Waals surface area contributed by atoms with E-state index >= 15 is 0 Å². The maximum Gasteiger partial charge on any atom is 0.244 e. The lowest BCUT2D eigenvalue weighted by Crippen LogP contribution is -2.59. The summed E-state index contributed by atoms with van der Waals surface area (Å²) in [6, 6.07) is 8.95. The lowest BCUT2D eigenvalue weighted by Gasteiger charge is -2.32. The molecule has 0 radical (unpaired) electrons. The van der Waals surface area contributed by atoms with Gasteiger partial charge in [0.2, 0.25) is 5.91 Å². The average Bonchev–Trinajstić information content (AvgIpc) is 2.39. The summed E-state index contributed by atoms with van der Waals surface area (Å²) in [6.45, 7) is 2.42. The van der Waals surface area contributed by atoms with Gasteiger partial charge in [0, 0.05) is 0 Å². The quantitative estimate of drug-likeness (QED) is 0.579. The van der Waals surface area contributed by atoms with Gasteiger partial charge in [-0.15, -0.1) is 0 Å². The first-order chi connectivity index (χ1) is 8.35. The molecule has 0 spiro atoms. The first-order valence-electron chi connectivity index (χ1n) is 5.74. The topological polar surface area (TPSA) is 95.6 Å². The average molecular weight is 252 g/mol. The molecule has 1 aromatic carbocycles. The van der Waals surface area contributed by atoms with Crippen molar-refractivity contribution >= 4 is 5.91 Å². The third-order valence-corrected chi connectivity index (χ3v) is 2.96. The van der Waals surface area contributed by atoms with Gasteiger partial charge in [-0.1, -0.05) is 30.3 Å². The molecule has 1 unspecified atom stereocenters. The zero-order valence-corrected chi connectivity index (χ0v) is 10.7. The van der Waals surface area contributed by atoms with Gasteiger partial charge in [0.15, 0.2) is 0 Å². The van der Waals surface area contributed by atoms with E-state index in [1.165, 1.54) is 0 Å². The van der Waals surface area contributed by atoms with Gasteiger partial charge in [-0.2, -0.15) is 0 Å². The number of hydrogen-bond acceptors (Lipinski definition) is 4. The number of benzene rings is 1. The van der Waals surface area contributed by atoms with Crippen LogP contribution < -0.4 is 11.1 Å². The van der Waals surface area contributed by atoms with E-state index in [0.29, 0.717) is 5.56 Å². The zero-order chi connectivity index (χ0) is 13.8. The Morgan fingerprint density at radius 3 is 2.17 bits per heavy atom. The van der Waals surface area contributed by atoms with E-state index in [9.17, 15) is 4.79 Å². The molecule has 1 aromatic rings. The first kappa shape index (κ1) is 14.6. The van der Waals surface area contributed by atoms with Crippen LogP contribution in [0.3, 0.4) is 0 Å². The van der Waals surface area contributed by atoms with Crippen molar-refractivity contribution in [2.45, 2.75) is 24.9 Å². The van der Waals surface area contributed by atoms with Crippen molar-refractivity contribution in [2.75, 3.05) is 13.2 Å². The minimum Gasteiger partial charge on any atom is -0.394 e. The lowest BCUT2D eigenvalue weighted by atomic mass is 9.91. The van der Waals surface area contributed by atoms with Crippen molar-refractivity contribution in [3.8, 4) is 0 Å². The van der Waals surface area contributed by atoms with Crippen LogP contribution in [-0.2, 0) is 10.3 Å². The second-order valence-corrected chi connectivity index (χ2v) is 4.90. The van der Waals surface area contributed by atoms with Crippen molar-refractivity contribution in [1.29, 1.82) is 0 Å². The zero-order valence-electron chi connectivity index (χ0n) is 10.7. The molecule has 1 amide bonds. The van der Waals surface area contributed by atoms with E-state index < -0.39 is 17.0 Å². The smallest absolute Gasteiger partial charge is 0.244 e. The van der Waals surface area contributed by atoms with Crippen molar-refractivity contribution < 1.29 is 15.0 Å². The van der Waals surface area contributed by atoms with Crippen LogP contribution in [0.5, 0.6) is 0 Å². The van der Waals surface area contributed by atoms with Gasteiger partial charge in [-0.25, -0.2) is 0 Å². The summed E-state index contributed by atoms with van der Waals surface area (Å²) in [6.07, 6.45) is 0. The fourth-order valence-electron chi connectivity index (χ4n) is 1.45. The van der Waals surface area contributed by atoms with Crippen LogP contribution in [0.4, 0.5) is 0 Å². The second-order valence-electron chi connectivity index (χ2n) is 4.90. The van der Waals surface area contributed by atoms with Gasteiger partial charge < -0.3 is 21.3 Å². The van der Waals surface area contributed by atoms with E-state index in [-0.39, 0.29) is 13.2 Å². The summed E-state index contributed by atoms with van der Waals surface area (Å²) in [5, 5.41) is 20.9. The first-order valence-corrected chi connectivity index (χ1v) is 5.74. The molecule has 5 nitrogen and oxygen atoms in total. The number of nitrogens with one attached hydrogen (secondary N) is 1. The molecule has 0 saturated carbocycles. The number of amides is 1. The molecule has 0 aliphatic rings. The number of carbonyl (C=O) groups excluding carboxylic acids is 1. The molecule has 0 aliphatic heterocycles. The van der Waals surface area contributed by atoms with Crippen molar-refractivity contribution in [1.82, 2.24) is 5.32 Å². The van der Waals surface area contributed by atoms with Crippen LogP contribution in [0.2, 0.25) is 0 Å². The van der Waals surface area contributed by atoms with Gasteiger partial charge in [-0.05, 0) is 19.4 Å². The Morgan fingerprint density at radius 1 is 1.22 bits per heavy atom. The molecule has 100 valence electrons. The van der Waals surface area contributed by atoms with Gasteiger partial charge in [0.1, 0.15) is 5.54 Å². The minimum absolute atomic E-state index is 0.361. The second kappa shape index (κ2) is 5.48. The Hall–Kier alpha value is -1.43. The molecule has 5 N–H and O–H groups in total. The monoisotopic (exact) mass is 252 g/mol. The van der Waals surface area contributed by atoms with E-state index in [1.807, 2.05) is 6.07 Å². The number of aliphatic hydroxyl groups excluding tert-OH is 2. The van der Waals surface area contributed by atoms with Crippen LogP contribution in [0.1, 0.15) is 19.4 Å². The number of nitrogens with two attached hydrogens (primary N) is 1. The molecule has 18 heavy (non-hydrogen) atoms. The van der Waals surface area contributed by atoms with Crippen molar-refractivity contribution in [3.05, 3.63) is 35.9 Å². The Morgan fingerprint density at radius 2 is 1.72 bits per heavy atom. The predicted molar refractivity (Wildman–Crippen MR) is 68.7 cm³/mol. The molecule has 0 saturated heterocycles.